The normalized spacial score (nSPS) is 19.5. The summed E-state index contributed by atoms with van der Waals surface area (Å²) in [4.78, 5) is 38.4. The number of likely N-dealkylation sites (tertiary alicyclic amines) is 1. The summed E-state index contributed by atoms with van der Waals surface area (Å²) in [5, 5.41) is 0. The van der Waals surface area contributed by atoms with E-state index in [1.807, 2.05) is 60.4 Å². The highest BCUT2D eigenvalue weighted by Crippen LogP contribution is 2.23. The first kappa shape index (κ1) is 22.3. The van der Waals surface area contributed by atoms with E-state index in [2.05, 4.69) is 26.9 Å². The van der Waals surface area contributed by atoms with Crippen LogP contribution in [0.15, 0.2) is 48.7 Å². The van der Waals surface area contributed by atoms with Gasteiger partial charge in [-0.2, -0.15) is 0 Å². The van der Waals surface area contributed by atoms with Crippen LogP contribution in [0, 0.1) is 5.92 Å². The molecule has 0 aliphatic carbocycles. The molecule has 1 aromatic heterocycles. The topological polar surface area (TPSA) is 60.0 Å². The molecule has 2 amide bonds. The highest BCUT2D eigenvalue weighted by Gasteiger charge is 2.34. The molecule has 0 spiro atoms. The number of carbonyl (C=O) groups excluding carboxylic acids is 2. The third-order valence-electron chi connectivity index (χ3n) is 6.29. The Hall–Kier alpha value is -2.93. The van der Waals surface area contributed by atoms with Gasteiger partial charge in [-0.1, -0.05) is 36.4 Å². The molecule has 0 bridgehead atoms. The predicted molar refractivity (Wildman–Crippen MR) is 125 cm³/mol. The summed E-state index contributed by atoms with van der Waals surface area (Å²) >= 11 is 0. The van der Waals surface area contributed by atoms with E-state index in [4.69, 9.17) is 0 Å². The summed E-state index contributed by atoms with van der Waals surface area (Å²) in [6, 6.07) is 14.2. The van der Waals surface area contributed by atoms with Crippen molar-refractivity contribution in [3.8, 4) is 0 Å². The van der Waals surface area contributed by atoms with Crippen molar-refractivity contribution in [2.24, 2.45) is 5.92 Å². The molecule has 2 aliphatic heterocycles. The van der Waals surface area contributed by atoms with E-state index < -0.39 is 0 Å². The lowest BCUT2D eigenvalue weighted by molar-refractivity contribution is -0.143. The van der Waals surface area contributed by atoms with E-state index in [1.165, 1.54) is 5.56 Å². The fourth-order valence-electron chi connectivity index (χ4n) is 4.55. The van der Waals surface area contributed by atoms with Crippen LogP contribution in [0.1, 0.15) is 24.0 Å². The van der Waals surface area contributed by atoms with Crippen LogP contribution in [-0.4, -0.2) is 78.3 Å². The van der Waals surface area contributed by atoms with Gasteiger partial charge in [-0.3, -0.25) is 9.59 Å². The number of piperazine rings is 1. The maximum Gasteiger partial charge on any atom is 0.227 e. The molecule has 1 unspecified atom stereocenters. The smallest absolute Gasteiger partial charge is 0.227 e. The van der Waals surface area contributed by atoms with Crippen molar-refractivity contribution in [2.75, 3.05) is 51.7 Å². The van der Waals surface area contributed by atoms with E-state index in [9.17, 15) is 9.59 Å². The molecule has 2 fully saturated rings. The van der Waals surface area contributed by atoms with E-state index in [1.54, 1.807) is 0 Å². The molecular weight excluding hydrogens is 402 g/mol. The van der Waals surface area contributed by atoms with Crippen LogP contribution >= 0.6 is 0 Å². The average molecular weight is 436 g/mol. The Morgan fingerprint density at radius 2 is 1.78 bits per heavy atom. The summed E-state index contributed by atoms with van der Waals surface area (Å²) in [5.74, 6) is 1.19. The number of nitrogens with zero attached hydrogens (tertiary/aromatic N) is 5. The molecule has 2 aromatic rings. The number of rotatable bonds is 6. The number of pyridine rings is 1. The van der Waals surface area contributed by atoms with Crippen LogP contribution in [0.2, 0.25) is 0 Å². The molecule has 2 saturated heterocycles. The first-order valence-corrected chi connectivity index (χ1v) is 11.4. The Morgan fingerprint density at radius 1 is 1.03 bits per heavy atom. The molecule has 3 heterocycles. The van der Waals surface area contributed by atoms with Gasteiger partial charge < -0.3 is 19.6 Å². The van der Waals surface area contributed by atoms with Gasteiger partial charge >= 0.3 is 0 Å². The summed E-state index contributed by atoms with van der Waals surface area (Å²) < 4.78 is 0. The number of hydrogen-bond acceptors (Lipinski definition) is 5. The number of hydrogen-bond donors (Lipinski definition) is 0. The van der Waals surface area contributed by atoms with Gasteiger partial charge in [0.05, 0.1) is 5.92 Å². The van der Waals surface area contributed by atoms with Crippen LogP contribution < -0.4 is 4.90 Å². The van der Waals surface area contributed by atoms with Crippen molar-refractivity contribution in [3.63, 3.8) is 0 Å². The minimum atomic E-state index is -0.105. The molecule has 1 atom stereocenters. The maximum atomic E-state index is 13.2. The van der Waals surface area contributed by atoms with Gasteiger partial charge in [-0.05, 0) is 37.7 Å². The van der Waals surface area contributed by atoms with Crippen LogP contribution in [-0.2, 0) is 22.7 Å². The Balaban J connectivity index is 1.30. The van der Waals surface area contributed by atoms with Crippen molar-refractivity contribution < 1.29 is 9.59 Å². The molecule has 2 aliphatic rings. The SMILES string of the molecule is CN(C)Cc1ccc(N2CCN(C(=O)C3CCC(=O)N(Cc4ccccc4)C3)CC2)nc1. The Morgan fingerprint density at radius 3 is 2.44 bits per heavy atom. The number of carbonyl (C=O) groups is 2. The second kappa shape index (κ2) is 10.1. The van der Waals surface area contributed by atoms with E-state index in [0.717, 1.165) is 31.0 Å². The highest BCUT2D eigenvalue weighted by atomic mass is 16.2. The second-order valence-corrected chi connectivity index (χ2v) is 9.07. The zero-order chi connectivity index (χ0) is 22.5. The third kappa shape index (κ3) is 5.46. The third-order valence-corrected chi connectivity index (χ3v) is 6.29. The quantitative estimate of drug-likeness (QED) is 0.697. The first-order chi connectivity index (χ1) is 15.5. The fourth-order valence-corrected chi connectivity index (χ4v) is 4.55. The lowest BCUT2D eigenvalue weighted by Crippen LogP contribution is -2.53. The Kier molecular flexibility index (Phi) is 7.05. The zero-order valence-corrected chi connectivity index (χ0v) is 19.1. The van der Waals surface area contributed by atoms with Gasteiger partial charge in [0.25, 0.3) is 0 Å². The maximum absolute atomic E-state index is 13.2. The molecular formula is C25H33N5O2. The molecule has 1 aromatic carbocycles. The van der Waals surface area contributed by atoms with E-state index >= 15 is 0 Å². The van der Waals surface area contributed by atoms with Crippen LogP contribution in [0.5, 0.6) is 0 Å². The number of benzene rings is 1. The van der Waals surface area contributed by atoms with Crippen molar-refractivity contribution >= 4 is 17.6 Å². The van der Waals surface area contributed by atoms with Crippen LogP contribution in [0.4, 0.5) is 5.82 Å². The average Bonchev–Trinajstić information content (AvgIpc) is 2.81. The molecule has 0 saturated carbocycles. The lowest BCUT2D eigenvalue weighted by Gasteiger charge is -2.39. The number of aromatic nitrogens is 1. The van der Waals surface area contributed by atoms with Gasteiger partial charge in [0.2, 0.25) is 11.8 Å². The first-order valence-electron chi connectivity index (χ1n) is 11.4. The largest absolute Gasteiger partial charge is 0.353 e. The number of anilines is 1. The second-order valence-electron chi connectivity index (χ2n) is 9.07. The molecule has 0 radical (unpaired) electrons. The van der Waals surface area contributed by atoms with Crippen LogP contribution in [0.25, 0.3) is 0 Å². The summed E-state index contributed by atoms with van der Waals surface area (Å²) in [5.41, 5.74) is 2.30. The summed E-state index contributed by atoms with van der Waals surface area (Å²) in [6.07, 6.45) is 3.04. The van der Waals surface area contributed by atoms with Crippen molar-refractivity contribution in [3.05, 3.63) is 59.8 Å². The summed E-state index contributed by atoms with van der Waals surface area (Å²) in [6.45, 7) is 4.93. The predicted octanol–water partition coefficient (Wildman–Crippen LogP) is 2.23. The van der Waals surface area contributed by atoms with E-state index in [-0.39, 0.29) is 17.7 Å². The minimum Gasteiger partial charge on any atom is -0.353 e. The fraction of sp³-hybridized carbons (Fsp3) is 0.480. The van der Waals surface area contributed by atoms with E-state index in [0.29, 0.717) is 39.0 Å². The summed E-state index contributed by atoms with van der Waals surface area (Å²) in [7, 11) is 4.10. The molecule has 170 valence electrons. The van der Waals surface area contributed by atoms with Gasteiger partial charge in [0.1, 0.15) is 5.82 Å². The lowest BCUT2D eigenvalue weighted by atomic mass is 9.95. The minimum absolute atomic E-state index is 0.105. The van der Waals surface area contributed by atoms with Gasteiger partial charge in [0, 0.05) is 58.4 Å². The monoisotopic (exact) mass is 435 g/mol. The molecule has 7 nitrogen and oxygen atoms in total. The van der Waals surface area contributed by atoms with Crippen molar-refractivity contribution in [1.82, 2.24) is 19.7 Å². The van der Waals surface area contributed by atoms with Gasteiger partial charge in [-0.15, -0.1) is 0 Å². The van der Waals surface area contributed by atoms with Crippen molar-refractivity contribution in [1.29, 1.82) is 0 Å². The standard InChI is InChI=1S/C25H33N5O2/c1-27(2)17-21-8-10-23(26-16-21)28-12-14-29(15-13-28)25(32)22-9-11-24(31)30(19-22)18-20-6-4-3-5-7-20/h3-8,10,16,22H,9,11-15,17-19H2,1-2H3. The molecule has 4 rings (SSSR count). The number of amides is 2. The number of piperidine rings is 1. The molecule has 7 heteroatoms. The zero-order valence-electron chi connectivity index (χ0n) is 19.1. The highest BCUT2D eigenvalue weighted by molar-refractivity contribution is 5.84. The van der Waals surface area contributed by atoms with Crippen LogP contribution in [0.3, 0.4) is 0 Å². The van der Waals surface area contributed by atoms with Gasteiger partial charge in [0.15, 0.2) is 0 Å². The molecule has 32 heavy (non-hydrogen) atoms. The molecule has 0 N–H and O–H groups in total. The Bertz CT molecular complexity index is 908. The van der Waals surface area contributed by atoms with Gasteiger partial charge in [-0.25, -0.2) is 4.98 Å². The Labute approximate surface area is 190 Å². The van der Waals surface area contributed by atoms with Crippen molar-refractivity contribution in [2.45, 2.75) is 25.9 Å².